The Morgan fingerprint density at radius 3 is 2.38 bits per heavy atom. The molecule has 1 aromatic carbocycles. The number of carbonyl (C=O) groups is 2. The van der Waals surface area contributed by atoms with Crippen LogP contribution in [0, 0.1) is 0 Å². The van der Waals surface area contributed by atoms with Gasteiger partial charge in [0.25, 0.3) is 5.91 Å². The van der Waals surface area contributed by atoms with E-state index in [9.17, 15) is 18.0 Å². The van der Waals surface area contributed by atoms with Gasteiger partial charge in [-0.2, -0.15) is 0 Å². The number of hydrogen-bond donors (Lipinski definition) is 3. The van der Waals surface area contributed by atoms with Crippen molar-refractivity contribution in [3.05, 3.63) is 54.0 Å². The third-order valence-corrected chi connectivity index (χ3v) is 4.20. The lowest BCUT2D eigenvalue weighted by Crippen LogP contribution is -2.45. The number of sulfonamides is 1. The molecule has 2 aromatic rings. The predicted molar refractivity (Wildman–Crippen MR) is 97.1 cm³/mol. The van der Waals surface area contributed by atoms with Crippen molar-refractivity contribution in [1.82, 2.24) is 10.6 Å². The monoisotopic (exact) mass is 379 g/mol. The van der Waals surface area contributed by atoms with Crippen molar-refractivity contribution in [1.29, 1.82) is 0 Å². The minimum absolute atomic E-state index is 0.320. The molecule has 0 radical (unpaired) electrons. The minimum atomic E-state index is -3.45. The van der Waals surface area contributed by atoms with Crippen molar-refractivity contribution >= 4 is 27.5 Å². The zero-order valence-corrected chi connectivity index (χ0v) is 15.5. The number of nitrogens with one attached hydrogen (secondary N) is 3. The van der Waals surface area contributed by atoms with Crippen molar-refractivity contribution in [3.8, 4) is 0 Å². The van der Waals surface area contributed by atoms with Gasteiger partial charge in [-0.1, -0.05) is 18.2 Å². The Morgan fingerprint density at radius 2 is 1.77 bits per heavy atom. The summed E-state index contributed by atoms with van der Waals surface area (Å²) in [5, 5.41) is 5.33. The average molecular weight is 379 g/mol. The topological polar surface area (TPSA) is 118 Å². The van der Waals surface area contributed by atoms with Crippen molar-refractivity contribution in [2.24, 2.45) is 0 Å². The fraction of sp³-hybridized carbons (Fsp3) is 0.294. The van der Waals surface area contributed by atoms with Crippen LogP contribution in [-0.4, -0.2) is 32.5 Å². The average Bonchev–Trinajstić information content (AvgIpc) is 3.08. The first-order valence-electron chi connectivity index (χ1n) is 7.87. The highest BCUT2D eigenvalue weighted by atomic mass is 32.2. The summed E-state index contributed by atoms with van der Waals surface area (Å²) in [6, 6.07) is 7.01. The summed E-state index contributed by atoms with van der Waals surface area (Å²) < 4.78 is 30.2. The van der Waals surface area contributed by atoms with Crippen molar-refractivity contribution in [3.63, 3.8) is 0 Å². The molecule has 0 aliphatic rings. The third kappa shape index (κ3) is 5.35. The molecule has 2 unspecified atom stereocenters. The molecule has 3 N–H and O–H groups in total. The second-order valence-corrected chi connectivity index (χ2v) is 7.65. The summed E-state index contributed by atoms with van der Waals surface area (Å²) in [5.74, 6) is -0.823. The SMILES string of the molecule is CC(NC(=O)c1ccoc1)C(=O)NC(C)c1ccccc1NS(C)(=O)=O. The number of rotatable bonds is 7. The molecule has 2 atom stereocenters. The first kappa shape index (κ1) is 19.5. The van der Waals surface area contributed by atoms with Gasteiger partial charge in [-0.25, -0.2) is 8.42 Å². The Hall–Kier alpha value is -2.81. The smallest absolute Gasteiger partial charge is 0.255 e. The van der Waals surface area contributed by atoms with Gasteiger partial charge in [0.1, 0.15) is 12.3 Å². The van der Waals surface area contributed by atoms with Gasteiger partial charge < -0.3 is 15.1 Å². The maximum absolute atomic E-state index is 12.3. The van der Waals surface area contributed by atoms with Crippen LogP contribution in [0.4, 0.5) is 5.69 Å². The molecule has 0 fully saturated rings. The second kappa shape index (κ2) is 8.05. The highest BCUT2D eigenvalue weighted by molar-refractivity contribution is 7.92. The number of carbonyl (C=O) groups excluding carboxylic acids is 2. The summed E-state index contributed by atoms with van der Waals surface area (Å²) in [4.78, 5) is 24.3. The lowest BCUT2D eigenvalue weighted by molar-refractivity contribution is -0.123. The van der Waals surface area contributed by atoms with E-state index in [-0.39, 0.29) is 0 Å². The van der Waals surface area contributed by atoms with E-state index < -0.39 is 33.9 Å². The zero-order chi connectivity index (χ0) is 19.3. The Balaban J connectivity index is 2.04. The third-order valence-electron chi connectivity index (χ3n) is 3.61. The van der Waals surface area contributed by atoms with Crippen LogP contribution in [0.2, 0.25) is 0 Å². The molecule has 2 amide bonds. The standard InChI is InChI=1S/C17H21N3O5S/c1-11(14-6-4-5-7-15(14)20-26(3,23)24)18-16(21)12(2)19-17(22)13-8-9-25-10-13/h4-12,20H,1-3H3,(H,18,21)(H,19,22). The quantitative estimate of drug-likeness (QED) is 0.676. The lowest BCUT2D eigenvalue weighted by atomic mass is 10.1. The largest absolute Gasteiger partial charge is 0.472 e. The number of furan rings is 1. The molecule has 0 saturated carbocycles. The molecule has 0 aliphatic carbocycles. The van der Waals surface area contributed by atoms with Gasteiger partial charge >= 0.3 is 0 Å². The van der Waals surface area contributed by atoms with E-state index in [0.29, 0.717) is 16.8 Å². The van der Waals surface area contributed by atoms with Crippen molar-refractivity contribution < 1.29 is 22.4 Å². The zero-order valence-electron chi connectivity index (χ0n) is 14.6. The Kier molecular flexibility index (Phi) is 6.04. The highest BCUT2D eigenvalue weighted by Crippen LogP contribution is 2.23. The normalized spacial score (nSPS) is 13.5. The molecule has 0 aliphatic heterocycles. The van der Waals surface area contributed by atoms with Gasteiger partial charge in [0.15, 0.2) is 0 Å². The first-order valence-corrected chi connectivity index (χ1v) is 9.76. The van der Waals surface area contributed by atoms with E-state index in [0.717, 1.165) is 6.26 Å². The van der Waals surface area contributed by atoms with E-state index in [1.165, 1.54) is 18.6 Å². The van der Waals surface area contributed by atoms with Crippen LogP contribution < -0.4 is 15.4 Å². The van der Waals surface area contributed by atoms with Gasteiger partial charge in [0.05, 0.1) is 29.8 Å². The van der Waals surface area contributed by atoms with Crippen LogP contribution in [-0.2, 0) is 14.8 Å². The fourth-order valence-corrected chi connectivity index (χ4v) is 2.91. The van der Waals surface area contributed by atoms with Gasteiger partial charge in [0, 0.05) is 0 Å². The number of benzene rings is 1. The number of amides is 2. The Morgan fingerprint density at radius 1 is 1.08 bits per heavy atom. The van der Waals surface area contributed by atoms with E-state index >= 15 is 0 Å². The van der Waals surface area contributed by atoms with Gasteiger partial charge in [-0.05, 0) is 31.5 Å². The van der Waals surface area contributed by atoms with E-state index in [4.69, 9.17) is 4.42 Å². The molecule has 2 rings (SSSR count). The summed E-state index contributed by atoms with van der Waals surface area (Å²) in [6.45, 7) is 3.28. The minimum Gasteiger partial charge on any atom is -0.472 e. The molecule has 0 saturated heterocycles. The van der Waals surface area contributed by atoms with E-state index in [1.54, 1.807) is 38.1 Å². The molecule has 1 aromatic heterocycles. The van der Waals surface area contributed by atoms with Crippen molar-refractivity contribution in [2.45, 2.75) is 25.9 Å². The van der Waals surface area contributed by atoms with Crippen LogP contribution >= 0.6 is 0 Å². The molecule has 9 heteroatoms. The number of anilines is 1. The summed E-state index contributed by atoms with van der Waals surface area (Å²) in [5.41, 5.74) is 1.32. The number of hydrogen-bond acceptors (Lipinski definition) is 5. The molecule has 8 nitrogen and oxygen atoms in total. The summed E-state index contributed by atoms with van der Waals surface area (Å²) in [7, 11) is -3.45. The Labute approximate surface area is 152 Å². The van der Waals surface area contributed by atoms with Crippen LogP contribution in [0.5, 0.6) is 0 Å². The second-order valence-electron chi connectivity index (χ2n) is 5.90. The summed E-state index contributed by atoms with van der Waals surface area (Å²) in [6.07, 6.45) is 3.71. The van der Waals surface area contributed by atoms with Gasteiger partial charge in [0.2, 0.25) is 15.9 Å². The predicted octanol–water partition coefficient (Wildman–Crippen LogP) is 1.65. The molecular formula is C17H21N3O5S. The maximum Gasteiger partial charge on any atom is 0.255 e. The molecule has 1 heterocycles. The van der Waals surface area contributed by atoms with Crippen LogP contribution in [0.1, 0.15) is 35.8 Å². The fourth-order valence-electron chi connectivity index (χ4n) is 2.32. The van der Waals surface area contributed by atoms with Gasteiger partial charge in [-0.3, -0.25) is 14.3 Å². The van der Waals surface area contributed by atoms with E-state index in [2.05, 4.69) is 15.4 Å². The van der Waals surface area contributed by atoms with Crippen molar-refractivity contribution in [2.75, 3.05) is 11.0 Å². The van der Waals surface area contributed by atoms with Crippen LogP contribution in [0.25, 0.3) is 0 Å². The highest BCUT2D eigenvalue weighted by Gasteiger charge is 2.21. The molecule has 26 heavy (non-hydrogen) atoms. The summed E-state index contributed by atoms with van der Waals surface area (Å²) >= 11 is 0. The lowest BCUT2D eigenvalue weighted by Gasteiger charge is -2.21. The first-order chi connectivity index (χ1) is 12.2. The molecule has 0 bridgehead atoms. The number of para-hydroxylation sites is 1. The maximum atomic E-state index is 12.3. The Bertz CT molecular complexity index is 878. The van der Waals surface area contributed by atoms with Crippen LogP contribution in [0.3, 0.4) is 0 Å². The molecule has 0 spiro atoms. The van der Waals surface area contributed by atoms with Gasteiger partial charge in [-0.15, -0.1) is 0 Å². The molecule has 140 valence electrons. The van der Waals surface area contributed by atoms with Crippen LogP contribution in [0.15, 0.2) is 47.3 Å². The molecular weight excluding hydrogens is 358 g/mol. The van der Waals surface area contributed by atoms with E-state index in [1.807, 2.05) is 0 Å².